The highest BCUT2D eigenvalue weighted by atomic mass is 16.5. The quantitative estimate of drug-likeness (QED) is 0.676. The van der Waals surface area contributed by atoms with Crippen molar-refractivity contribution in [2.45, 2.75) is 76.9 Å². The fourth-order valence-corrected chi connectivity index (χ4v) is 3.26. The lowest BCUT2D eigenvalue weighted by Crippen LogP contribution is -2.35. The van der Waals surface area contributed by atoms with Crippen LogP contribution in [0.25, 0.3) is 0 Å². The number of nitrogens with one attached hydrogen (secondary N) is 1. The van der Waals surface area contributed by atoms with Crippen molar-refractivity contribution in [2.75, 3.05) is 19.7 Å². The van der Waals surface area contributed by atoms with Gasteiger partial charge in [-0.3, -0.25) is 0 Å². The fourth-order valence-electron chi connectivity index (χ4n) is 3.26. The maximum Gasteiger partial charge on any atom is 0.0897 e. The number of hydrogen-bond acceptors (Lipinski definition) is 3. The van der Waals surface area contributed by atoms with Crippen molar-refractivity contribution in [3.63, 3.8) is 0 Å². The van der Waals surface area contributed by atoms with E-state index in [2.05, 4.69) is 12.2 Å². The third-order valence-electron chi connectivity index (χ3n) is 4.69. The van der Waals surface area contributed by atoms with Gasteiger partial charge in [0.15, 0.2) is 0 Å². The third-order valence-corrected chi connectivity index (χ3v) is 4.69. The molecule has 0 aromatic carbocycles. The molecule has 2 rings (SSSR count). The molecule has 2 aliphatic rings. The molecule has 2 saturated carbocycles. The van der Waals surface area contributed by atoms with E-state index in [9.17, 15) is 5.11 Å². The van der Waals surface area contributed by atoms with Crippen LogP contribution in [0.3, 0.4) is 0 Å². The first kappa shape index (κ1) is 15.3. The Labute approximate surface area is 118 Å². The van der Waals surface area contributed by atoms with E-state index in [1.165, 1.54) is 57.8 Å². The van der Waals surface area contributed by atoms with Crippen molar-refractivity contribution < 1.29 is 9.84 Å². The number of hydrogen-bond donors (Lipinski definition) is 2. The lowest BCUT2D eigenvalue weighted by molar-refractivity contribution is -0.0232. The molecule has 0 bridgehead atoms. The zero-order valence-electron chi connectivity index (χ0n) is 12.5. The van der Waals surface area contributed by atoms with E-state index in [1.807, 2.05) is 0 Å². The first-order valence-electron chi connectivity index (χ1n) is 8.24. The summed E-state index contributed by atoms with van der Waals surface area (Å²) in [4.78, 5) is 0. The van der Waals surface area contributed by atoms with Gasteiger partial charge >= 0.3 is 0 Å². The van der Waals surface area contributed by atoms with E-state index in [0.29, 0.717) is 24.7 Å². The van der Waals surface area contributed by atoms with Crippen LogP contribution in [0.1, 0.15) is 64.7 Å². The molecular weight excluding hydrogens is 238 g/mol. The summed E-state index contributed by atoms with van der Waals surface area (Å²) in [6.45, 7) is 4.50. The highest BCUT2D eigenvalue weighted by molar-refractivity contribution is 4.94. The van der Waals surface area contributed by atoms with Crippen molar-refractivity contribution in [1.29, 1.82) is 0 Å². The lowest BCUT2D eigenvalue weighted by atomic mass is 9.98. The van der Waals surface area contributed by atoms with Gasteiger partial charge in [0.2, 0.25) is 0 Å². The van der Waals surface area contributed by atoms with Crippen molar-refractivity contribution in [1.82, 2.24) is 5.32 Å². The Hall–Kier alpha value is -0.120. The first-order valence-corrected chi connectivity index (χ1v) is 8.24. The van der Waals surface area contributed by atoms with E-state index in [0.717, 1.165) is 6.54 Å². The molecule has 1 unspecified atom stereocenters. The van der Waals surface area contributed by atoms with E-state index in [-0.39, 0.29) is 6.10 Å². The molecule has 19 heavy (non-hydrogen) atoms. The molecule has 0 spiro atoms. The van der Waals surface area contributed by atoms with Crippen molar-refractivity contribution in [3.05, 3.63) is 0 Å². The average molecular weight is 269 g/mol. The predicted octanol–water partition coefficient (Wildman–Crippen LogP) is 2.87. The van der Waals surface area contributed by atoms with Gasteiger partial charge in [-0.1, -0.05) is 32.6 Å². The fraction of sp³-hybridized carbons (Fsp3) is 1.00. The van der Waals surface area contributed by atoms with Crippen LogP contribution in [0.5, 0.6) is 0 Å². The molecule has 0 aliphatic heterocycles. The number of aliphatic hydroxyl groups excluding tert-OH is 1. The van der Waals surface area contributed by atoms with E-state index < -0.39 is 0 Å². The summed E-state index contributed by atoms with van der Waals surface area (Å²) in [7, 11) is 0. The largest absolute Gasteiger partial charge is 0.389 e. The Morgan fingerprint density at radius 2 is 2.00 bits per heavy atom. The van der Waals surface area contributed by atoms with Gasteiger partial charge in [-0.25, -0.2) is 0 Å². The van der Waals surface area contributed by atoms with Gasteiger partial charge in [0.05, 0.1) is 18.8 Å². The Bertz CT molecular complexity index is 247. The molecule has 112 valence electrons. The zero-order chi connectivity index (χ0) is 13.6. The summed E-state index contributed by atoms with van der Waals surface area (Å²) in [5.74, 6) is 0. The Kier molecular flexibility index (Phi) is 6.11. The van der Waals surface area contributed by atoms with Crippen molar-refractivity contribution in [2.24, 2.45) is 5.41 Å². The van der Waals surface area contributed by atoms with Crippen LogP contribution in [0.2, 0.25) is 0 Å². The topological polar surface area (TPSA) is 41.5 Å². The summed E-state index contributed by atoms with van der Waals surface area (Å²) in [6, 6.07) is 0. The zero-order valence-corrected chi connectivity index (χ0v) is 12.5. The second-order valence-corrected chi connectivity index (χ2v) is 6.63. The molecule has 0 aromatic rings. The Morgan fingerprint density at radius 3 is 2.63 bits per heavy atom. The molecule has 3 nitrogen and oxygen atoms in total. The summed E-state index contributed by atoms with van der Waals surface area (Å²) in [5, 5.41) is 13.4. The van der Waals surface area contributed by atoms with Crippen LogP contribution in [-0.2, 0) is 4.74 Å². The minimum absolute atomic E-state index is 0.348. The van der Waals surface area contributed by atoms with E-state index >= 15 is 0 Å². The predicted molar refractivity (Wildman–Crippen MR) is 78.3 cm³/mol. The molecule has 0 aromatic heterocycles. The molecular formula is C16H31NO2. The van der Waals surface area contributed by atoms with Gasteiger partial charge < -0.3 is 15.2 Å². The highest BCUT2D eigenvalue weighted by Crippen LogP contribution is 2.48. The second kappa shape index (κ2) is 7.61. The standard InChI is InChI=1S/C16H31NO2/c1-2-8-16(9-10-16)13-17-11-14(18)12-19-15-6-4-3-5-7-15/h14-15,17-18H,2-13H2,1H3. The molecule has 1 atom stereocenters. The van der Waals surface area contributed by atoms with Crippen LogP contribution in [0.4, 0.5) is 0 Å². The van der Waals surface area contributed by atoms with Gasteiger partial charge in [-0.05, 0) is 37.5 Å². The summed E-state index contributed by atoms with van der Waals surface area (Å²) < 4.78 is 5.80. The SMILES string of the molecule is CCCC1(CNCC(O)COC2CCCCC2)CC1. The summed E-state index contributed by atoms with van der Waals surface area (Å²) >= 11 is 0. The number of ether oxygens (including phenoxy) is 1. The van der Waals surface area contributed by atoms with Gasteiger partial charge in [0, 0.05) is 13.1 Å². The van der Waals surface area contributed by atoms with Gasteiger partial charge in [-0.2, -0.15) is 0 Å². The third kappa shape index (κ3) is 5.41. The molecule has 0 saturated heterocycles. The van der Waals surface area contributed by atoms with E-state index in [4.69, 9.17) is 4.74 Å². The molecule has 0 amide bonds. The lowest BCUT2D eigenvalue weighted by Gasteiger charge is -2.24. The molecule has 3 heteroatoms. The van der Waals surface area contributed by atoms with Gasteiger partial charge in [-0.15, -0.1) is 0 Å². The Balaban J connectivity index is 1.51. The average Bonchev–Trinajstić information content (AvgIpc) is 3.18. The van der Waals surface area contributed by atoms with Crippen LogP contribution in [0.15, 0.2) is 0 Å². The molecule has 0 heterocycles. The van der Waals surface area contributed by atoms with Crippen LogP contribution >= 0.6 is 0 Å². The minimum atomic E-state index is -0.348. The van der Waals surface area contributed by atoms with Gasteiger partial charge in [0.1, 0.15) is 0 Å². The maximum absolute atomic E-state index is 9.94. The number of aliphatic hydroxyl groups is 1. The molecule has 2 fully saturated rings. The second-order valence-electron chi connectivity index (χ2n) is 6.63. The molecule has 2 aliphatic carbocycles. The van der Waals surface area contributed by atoms with E-state index in [1.54, 1.807) is 0 Å². The van der Waals surface area contributed by atoms with Gasteiger partial charge in [0.25, 0.3) is 0 Å². The van der Waals surface area contributed by atoms with Crippen molar-refractivity contribution in [3.8, 4) is 0 Å². The maximum atomic E-state index is 9.94. The monoisotopic (exact) mass is 269 g/mol. The normalized spacial score (nSPS) is 24.3. The highest BCUT2D eigenvalue weighted by Gasteiger charge is 2.40. The molecule has 2 N–H and O–H groups in total. The van der Waals surface area contributed by atoms with Crippen LogP contribution in [0, 0.1) is 5.41 Å². The smallest absolute Gasteiger partial charge is 0.0897 e. The summed E-state index contributed by atoms with van der Waals surface area (Å²) in [6.07, 6.45) is 11.7. The number of rotatable bonds is 9. The first-order chi connectivity index (χ1) is 9.24. The Morgan fingerprint density at radius 1 is 1.26 bits per heavy atom. The summed E-state index contributed by atoms with van der Waals surface area (Å²) in [5.41, 5.74) is 0.568. The van der Waals surface area contributed by atoms with Crippen LogP contribution < -0.4 is 5.32 Å². The van der Waals surface area contributed by atoms with Crippen LogP contribution in [-0.4, -0.2) is 37.0 Å². The minimum Gasteiger partial charge on any atom is -0.389 e. The van der Waals surface area contributed by atoms with Crippen molar-refractivity contribution >= 4 is 0 Å². The molecule has 0 radical (unpaired) electrons.